The number of rotatable bonds is 8. The average molecular weight is 577 g/mol. The molecule has 0 aliphatic carbocycles. The fourth-order valence-electron chi connectivity index (χ4n) is 5.10. The van der Waals surface area contributed by atoms with E-state index in [4.69, 9.17) is 0 Å². The molecule has 0 heterocycles. The van der Waals surface area contributed by atoms with Gasteiger partial charge in [0.15, 0.2) is 0 Å². The van der Waals surface area contributed by atoms with Crippen molar-refractivity contribution < 1.29 is 0 Å². The van der Waals surface area contributed by atoms with E-state index in [2.05, 4.69) is 101 Å². The van der Waals surface area contributed by atoms with Crippen LogP contribution in [0.15, 0.2) is 65.3 Å². The first-order valence-electron chi connectivity index (χ1n) is 14.4. The van der Waals surface area contributed by atoms with Gasteiger partial charge < -0.3 is 9.80 Å². The highest BCUT2D eigenvalue weighted by Crippen LogP contribution is 2.31. The number of anilines is 2. The summed E-state index contributed by atoms with van der Waals surface area (Å²) < 4.78 is 0. The Bertz CT molecular complexity index is 1710. The maximum absolute atomic E-state index is 9.75. The molecule has 0 aliphatic heterocycles. The Morgan fingerprint density at radius 1 is 0.523 bits per heavy atom. The molecule has 0 bridgehead atoms. The van der Waals surface area contributed by atoms with Crippen LogP contribution in [0.2, 0.25) is 0 Å². The van der Waals surface area contributed by atoms with Crippen molar-refractivity contribution in [1.82, 2.24) is 0 Å². The zero-order valence-electron chi connectivity index (χ0n) is 26.6. The van der Waals surface area contributed by atoms with Gasteiger partial charge in [-0.15, -0.1) is 0 Å². The highest BCUT2D eigenvalue weighted by atomic mass is 15.2. The minimum absolute atomic E-state index is 0.0388. The molecule has 6 heteroatoms. The van der Waals surface area contributed by atoms with Crippen molar-refractivity contribution in [3.8, 4) is 59.8 Å². The summed E-state index contributed by atoms with van der Waals surface area (Å²) in [6.45, 7) is 17.0. The van der Waals surface area contributed by atoms with Gasteiger partial charge in [0.2, 0.25) is 0 Å². The van der Waals surface area contributed by atoms with Gasteiger partial charge in [-0.25, -0.2) is 0 Å². The van der Waals surface area contributed by atoms with E-state index in [-0.39, 0.29) is 34.4 Å². The topological polar surface area (TPSA) is 102 Å². The van der Waals surface area contributed by atoms with Crippen LogP contribution in [0.25, 0.3) is 5.57 Å². The minimum Gasteiger partial charge on any atom is -0.367 e. The zero-order valence-corrected chi connectivity index (χ0v) is 26.6. The quantitative estimate of drug-likeness (QED) is 0.188. The second-order valence-electron chi connectivity index (χ2n) is 11.0. The summed E-state index contributed by atoms with van der Waals surface area (Å²) >= 11 is 0. The Hall–Kier alpha value is -5.84. The highest BCUT2D eigenvalue weighted by Gasteiger charge is 2.20. The molecular formula is C38H36N6. The van der Waals surface area contributed by atoms with E-state index in [1.807, 2.05) is 60.7 Å². The Balaban J connectivity index is 2.51. The lowest BCUT2D eigenvalue weighted by Gasteiger charge is -2.33. The lowest BCUT2D eigenvalue weighted by molar-refractivity contribution is 0.608. The van der Waals surface area contributed by atoms with Gasteiger partial charge in [0.05, 0.1) is 5.57 Å². The molecule has 2 rings (SSSR count). The molecule has 2 aromatic carbocycles. The maximum atomic E-state index is 9.75. The standard InChI is InChI=1S/C38H36N6/c1-27(2)43(28(3)4)35-19-15-31(16-20-35)13-11-9-10-12-14-37(33(23-39)24-40)38(34(25-41)26-42)32-17-21-36(22-18-32)44(29(5)6)30(7)8/h15-22,27-30H,1-8H3. The average Bonchev–Trinajstić information content (AvgIpc) is 2.98. The Morgan fingerprint density at radius 3 is 1.34 bits per heavy atom. The summed E-state index contributed by atoms with van der Waals surface area (Å²) in [4.78, 5) is 4.55. The number of nitrogens with zero attached hydrogens (tertiary/aromatic N) is 6. The number of benzene rings is 2. The monoisotopic (exact) mass is 576 g/mol. The van der Waals surface area contributed by atoms with Crippen LogP contribution in [0, 0.1) is 80.8 Å². The van der Waals surface area contributed by atoms with E-state index in [1.165, 1.54) is 0 Å². The SMILES string of the molecule is CC(C)N(c1ccc(C#CC#CC#CC(=C(C#N)C#N)C(=C(C#N)C#N)c2ccc(N(C(C)C)C(C)C)cc2)cc1)C(C)C. The van der Waals surface area contributed by atoms with E-state index in [1.54, 1.807) is 12.1 Å². The third-order valence-corrected chi connectivity index (χ3v) is 6.62. The molecule has 6 nitrogen and oxygen atoms in total. The molecule has 44 heavy (non-hydrogen) atoms. The summed E-state index contributed by atoms with van der Waals surface area (Å²) in [5.41, 5.74) is 2.84. The van der Waals surface area contributed by atoms with Crippen LogP contribution >= 0.6 is 0 Å². The number of hydrogen-bond donors (Lipinski definition) is 0. The molecule has 218 valence electrons. The molecule has 0 fully saturated rings. The second-order valence-corrected chi connectivity index (χ2v) is 11.0. The normalized spacial score (nSPS) is 9.55. The predicted octanol–water partition coefficient (Wildman–Crippen LogP) is 7.14. The van der Waals surface area contributed by atoms with Crippen molar-refractivity contribution in [1.29, 1.82) is 21.0 Å². The Labute approximate surface area is 263 Å². The first-order chi connectivity index (χ1) is 21.0. The van der Waals surface area contributed by atoms with Crippen LogP contribution in [-0.4, -0.2) is 24.2 Å². The molecular weight excluding hydrogens is 540 g/mol. The van der Waals surface area contributed by atoms with E-state index < -0.39 is 0 Å². The van der Waals surface area contributed by atoms with Gasteiger partial charge in [0.25, 0.3) is 0 Å². The third kappa shape index (κ3) is 8.83. The Kier molecular flexibility index (Phi) is 12.9. The molecule has 0 atom stereocenters. The molecule has 2 aromatic rings. The van der Waals surface area contributed by atoms with E-state index >= 15 is 0 Å². The van der Waals surface area contributed by atoms with Crippen LogP contribution in [-0.2, 0) is 0 Å². The van der Waals surface area contributed by atoms with Crippen molar-refractivity contribution in [2.24, 2.45) is 0 Å². The summed E-state index contributed by atoms with van der Waals surface area (Å²) in [7, 11) is 0. The molecule has 0 saturated heterocycles. The first-order valence-corrected chi connectivity index (χ1v) is 14.4. The van der Waals surface area contributed by atoms with Crippen LogP contribution in [0.3, 0.4) is 0 Å². The van der Waals surface area contributed by atoms with Gasteiger partial charge in [0, 0.05) is 46.7 Å². The second kappa shape index (κ2) is 16.6. The molecule has 0 radical (unpaired) electrons. The minimum atomic E-state index is -0.324. The summed E-state index contributed by atoms with van der Waals surface area (Å²) in [5, 5.41) is 38.9. The van der Waals surface area contributed by atoms with Crippen LogP contribution in [0.1, 0.15) is 66.5 Å². The first kappa shape index (κ1) is 34.4. The largest absolute Gasteiger partial charge is 0.367 e. The van der Waals surface area contributed by atoms with E-state index in [0.717, 1.165) is 16.9 Å². The Morgan fingerprint density at radius 2 is 0.932 bits per heavy atom. The number of allylic oxidation sites excluding steroid dienone is 4. The summed E-state index contributed by atoms with van der Waals surface area (Å²) in [6.07, 6.45) is 0. The number of hydrogen-bond acceptors (Lipinski definition) is 6. The van der Waals surface area contributed by atoms with E-state index in [9.17, 15) is 21.0 Å². The van der Waals surface area contributed by atoms with Crippen molar-refractivity contribution in [2.45, 2.75) is 79.6 Å². The smallest absolute Gasteiger partial charge is 0.145 e. The van der Waals surface area contributed by atoms with Gasteiger partial charge >= 0.3 is 0 Å². The van der Waals surface area contributed by atoms with Crippen molar-refractivity contribution >= 4 is 16.9 Å². The predicted molar refractivity (Wildman–Crippen MR) is 177 cm³/mol. The number of nitriles is 4. The molecule has 0 aromatic heterocycles. The maximum Gasteiger partial charge on any atom is 0.145 e. The van der Waals surface area contributed by atoms with Gasteiger partial charge in [-0.1, -0.05) is 18.1 Å². The van der Waals surface area contributed by atoms with Crippen LogP contribution in [0.4, 0.5) is 11.4 Å². The lowest BCUT2D eigenvalue weighted by Crippen LogP contribution is -2.36. The molecule has 0 saturated carbocycles. The fraction of sp³-hybridized carbons (Fsp3) is 0.316. The molecule has 0 aliphatic rings. The zero-order chi connectivity index (χ0) is 32.8. The van der Waals surface area contributed by atoms with E-state index in [0.29, 0.717) is 17.6 Å². The summed E-state index contributed by atoms with van der Waals surface area (Å²) in [5.74, 6) is 16.5. The van der Waals surface area contributed by atoms with Crippen molar-refractivity contribution in [3.05, 3.63) is 76.4 Å². The lowest BCUT2D eigenvalue weighted by atomic mass is 9.90. The van der Waals surface area contributed by atoms with Crippen LogP contribution < -0.4 is 9.80 Å². The van der Waals surface area contributed by atoms with Crippen molar-refractivity contribution in [3.63, 3.8) is 0 Å². The van der Waals surface area contributed by atoms with Gasteiger partial charge in [-0.2, -0.15) is 21.0 Å². The van der Waals surface area contributed by atoms with Crippen LogP contribution in [0.5, 0.6) is 0 Å². The summed E-state index contributed by atoms with van der Waals surface area (Å²) in [6, 6.07) is 23.9. The third-order valence-electron chi connectivity index (χ3n) is 6.62. The van der Waals surface area contributed by atoms with Gasteiger partial charge in [-0.3, -0.25) is 0 Å². The van der Waals surface area contributed by atoms with Gasteiger partial charge in [-0.05, 0) is 127 Å². The van der Waals surface area contributed by atoms with Crippen molar-refractivity contribution in [2.75, 3.05) is 9.80 Å². The molecule has 0 amide bonds. The molecule has 0 unspecified atom stereocenters. The highest BCUT2D eigenvalue weighted by molar-refractivity contribution is 5.92. The van der Waals surface area contributed by atoms with Gasteiger partial charge in [0.1, 0.15) is 35.4 Å². The molecule has 0 N–H and O–H groups in total. The molecule has 0 spiro atoms. The fourth-order valence-corrected chi connectivity index (χ4v) is 5.10.